The number of thioether (sulfide) groups is 1. The van der Waals surface area contributed by atoms with Crippen LogP contribution in [0.1, 0.15) is 7.43 Å². The Hall–Kier alpha value is -0.0400. The van der Waals surface area contributed by atoms with Crippen LogP contribution in [0.15, 0.2) is 107 Å². The number of halogens is 7. The molecular weight excluding hydrogens is 681 g/mol. The van der Waals surface area contributed by atoms with E-state index in [-0.39, 0.29) is 7.43 Å². The van der Waals surface area contributed by atoms with E-state index in [1.54, 1.807) is 66.5 Å². The predicted molar refractivity (Wildman–Crippen MR) is 188 cm³/mol. The molecule has 0 nitrogen and oxygen atoms in total. The third-order valence-corrected chi connectivity index (χ3v) is 6.04. The zero-order valence-electron chi connectivity index (χ0n) is 20.2. The molecule has 0 amide bonds. The van der Waals surface area contributed by atoms with Crippen LogP contribution in [0.3, 0.4) is 0 Å². The van der Waals surface area contributed by atoms with Crippen molar-refractivity contribution in [2.24, 2.45) is 0 Å². The first-order valence-corrected chi connectivity index (χ1v) is 15.7. The van der Waals surface area contributed by atoms with Gasteiger partial charge in [-0.2, -0.15) is 12.6 Å². The summed E-state index contributed by atoms with van der Waals surface area (Å²) in [6.45, 7) is 0. The molecule has 0 radical (unpaired) electrons. The standard InChI is InChI=1S/C7H7ClS.2C6H4Cl2.C6H5ClS.CH3Cl.CH4S.CH4/c1-9-7-4-2-6(8)3-5-7;2*7-5-1-2-6(8)4-3-5;7-5-1-3-6(8)4-2-5;2*1-2;/h2-5H,1H3;2*1-4H;1-4,8H;1H3;2H,1H3;1H4. The summed E-state index contributed by atoms with van der Waals surface area (Å²) < 4.78 is 0. The minimum atomic E-state index is 0. The van der Waals surface area contributed by atoms with Gasteiger partial charge in [-0.15, -0.1) is 36.0 Å². The highest BCUT2D eigenvalue weighted by atomic mass is 35.5. The summed E-state index contributed by atoms with van der Waals surface area (Å²) in [6, 6.07) is 29.2. The van der Waals surface area contributed by atoms with Gasteiger partial charge in [-0.1, -0.05) is 77.0 Å². The van der Waals surface area contributed by atoms with Crippen molar-refractivity contribution in [3.8, 4) is 0 Å². The Kier molecular flexibility index (Phi) is 31.8. The van der Waals surface area contributed by atoms with Crippen molar-refractivity contribution in [1.29, 1.82) is 0 Å². The first-order valence-electron chi connectivity index (χ1n) is 10.1. The van der Waals surface area contributed by atoms with E-state index in [0.717, 1.165) is 35.0 Å². The predicted octanol–water partition coefficient (Wildman–Crippen LogP) is 13.7. The number of alkyl halides is 1. The molecule has 0 heterocycles. The highest BCUT2D eigenvalue weighted by Crippen LogP contribution is 2.17. The molecule has 0 spiro atoms. The summed E-state index contributed by atoms with van der Waals surface area (Å²) in [7, 11) is 0. The molecule has 38 heavy (non-hydrogen) atoms. The molecule has 0 aliphatic rings. The Morgan fingerprint density at radius 2 is 0.632 bits per heavy atom. The number of benzene rings is 4. The Balaban J connectivity index is -0.000000408. The maximum Gasteiger partial charge on any atom is 0.0407 e. The van der Waals surface area contributed by atoms with Gasteiger partial charge >= 0.3 is 0 Å². The highest BCUT2D eigenvalue weighted by Gasteiger charge is 1.87. The summed E-state index contributed by atoms with van der Waals surface area (Å²) in [5.74, 6) is 0. The van der Waals surface area contributed by atoms with Crippen LogP contribution in [0, 0.1) is 0 Å². The first-order chi connectivity index (χ1) is 17.7. The maximum atomic E-state index is 5.66. The summed E-state index contributed by atoms with van der Waals surface area (Å²) in [5, 5.41) is 4.42. The van der Waals surface area contributed by atoms with E-state index in [9.17, 15) is 0 Å². The minimum Gasteiger partial charge on any atom is -0.183 e. The lowest BCUT2D eigenvalue weighted by atomic mass is 10.4. The number of hydrogen-bond acceptors (Lipinski definition) is 3. The van der Waals surface area contributed by atoms with Crippen LogP contribution < -0.4 is 0 Å². The monoisotopic (exact) mass is 708 g/mol. The summed E-state index contributed by atoms with van der Waals surface area (Å²) in [6.07, 6.45) is 5.21. The smallest absolute Gasteiger partial charge is 0.0407 e. The fourth-order valence-corrected chi connectivity index (χ4v) is 3.18. The average Bonchev–Trinajstić information content (AvgIpc) is 2.93. The highest BCUT2D eigenvalue weighted by molar-refractivity contribution is 7.98. The van der Waals surface area contributed by atoms with E-state index in [1.807, 2.05) is 54.8 Å². The molecule has 0 bridgehead atoms. The van der Waals surface area contributed by atoms with Crippen molar-refractivity contribution >= 4 is 118 Å². The molecule has 4 aromatic carbocycles. The topological polar surface area (TPSA) is 0 Å². The number of rotatable bonds is 1. The Morgan fingerprint density at radius 1 is 0.447 bits per heavy atom. The van der Waals surface area contributed by atoms with Crippen LogP contribution in [0.25, 0.3) is 0 Å². The van der Waals surface area contributed by atoms with Gasteiger partial charge in [-0.3, -0.25) is 0 Å². The van der Waals surface area contributed by atoms with Gasteiger partial charge in [0.15, 0.2) is 0 Å². The zero-order chi connectivity index (χ0) is 28.6. The molecule has 4 aromatic rings. The van der Waals surface area contributed by atoms with Crippen LogP contribution in [0.2, 0.25) is 30.1 Å². The molecule has 10 heteroatoms. The van der Waals surface area contributed by atoms with Crippen molar-refractivity contribution in [2.75, 3.05) is 18.9 Å². The average molecular weight is 712 g/mol. The number of hydrogen-bond donors (Lipinski definition) is 2. The maximum absolute atomic E-state index is 5.66. The number of thiol groups is 2. The van der Waals surface area contributed by atoms with Crippen LogP contribution in [-0.4, -0.2) is 18.9 Å². The molecule has 0 aromatic heterocycles. The van der Waals surface area contributed by atoms with Crippen LogP contribution in [0.5, 0.6) is 0 Å². The second kappa shape index (κ2) is 28.5. The van der Waals surface area contributed by atoms with Crippen LogP contribution in [-0.2, 0) is 0 Å². The largest absolute Gasteiger partial charge is 0.183 e. The summed E-state index contributed by atoms with van der Waals surface area (Å²) in [4.78, 5) is 2.19. The second-order valence-corrected chi connectivity index (χ2v) is 10.0. The normalized spacial score (nSPS) is 8.42. The molecule has 0 fully saturated rings. The van der Waals surface area contributed by atoms with E-state index in [0.29, 0.717) is 0 Å². The Bertz CT molecular complexity index is 877. The van der Waals surface area contributed by atoms with Gasteiger partial charge in [0.1, 0.15) is 0 Å². The summed E-state index contributed by atoms with van der Waals surface area (Å²) in [5.41, 5.74) is 0. The van der Waals surface area contributed by atoms with Gasteiger partial charge in [0.25, 0.3) is 0 Å². The lowest BCUT2D eigenvalue weighted by Crippen LogP contribution is -1.66. The first kappa shape index (κ1) is 42.4. The van der Waals surface area contributed by atoms with Crippen molar-refractivity contribution in [3.05, 3.63) is 127 Å². The summed E-state index contributed by atoms with van der Waals surface area (Å²) >= 11 is 47.4. The molecule has 0 atom stereocenters. The van der Waals surface area contributed by atoms with Gasteiger partial charge in [-0.05, 0) is 110 Å². The van der Waals surface area contributed by atoms with Crippen LogP contribution >= 0.6 is 118 Å². The quantitative estimate of drug-likeness (QED) is 0.113. The molecule has 0 saturated carbocycles. The third kappa shape index (κ3) is 25.0. The lowest BCUT2D eigenvalue weighted by Gasteiger charge is -1.92. The zero-order valence-corrected chi connectivity index (χ0v) is 28.1. The Morgan fingerprint density at radius 3 is 0.816 bits per heavy atom. The van der Waals surface area contributed by atoms with E-state index in [1.165, 1.54) is 11.3 Å². The van der Waals surface area contributed by atoms with E-state index in [2.05, 4.69) is 36.9 Å². The van der Waals surface area contributed by atoms with E-state index in [4.69, 9.17) is 69.6 Å². The van der Waals surface area contributed by atoms with Crippen molar-refractivity contribution in [1.82, 2.24) is 0 Å². The Labute approximate surface area is 279 Å². The molecule has 210 valence electrons. The third-order valence-electron chi connectivity index (χ3n) is 3.48. The van der Waals surface area contributed by atoms with E-state index >= 15 is 0 Å². The van der Waals surface area contributed by atoms with E-state index < -0.39 is 0 Å². The van der Waals surface area contributed by atoms with Crippen molar-refractivity contribution in [3.63, 3.8) is 0 Å². The molecule has 0 aliphatic carbocycles. The van der Waals surface area contributed by atoms with Gasteiger partial charge in [0.05, 0.1) is 0 Å². The minimum absolute atomic E-state index is 0. The van der Waals surface area contributed by atoms with Gasteiger partial charge in [0, 0.05) is 46.3 Å². The van der Waals surface area contributed by atoms with Crippen molar-refractivity contribution < 1.29 is 0 Å². The molecule has 0 unspecified atom stereocenters. The van der Waals surface area contributed by atoms with Gasteiger partial charge in [-0.25, -0.2) is 0 Å². The van der Waals surface area contributed by atoms with Crippen molar-refractivity contribution in [2.45, 2.75) is 17.2 Å². The molecular formula is C28H31Cl7S3. The molecule has 0 N–H and O–H groups in total. The fraction of sp³-hybridized carbons (Fsp3) is 0.143. The molecule has 0 aliphatic heterocycles. The molecule has 0 saturated heterocycles. The SMILES string of the molecule is C.CCl.CS.CSc1ccc(Cl)cc1.Clc1ccc(Cl)cc1.Clc1ccc(Cl)cc1.Sc1ccc(Cl)cc1. The van der Waals surface area contributed by atoms with Gasteiger partial charge in [0.2, 0.25) is 0 Å². The second-order valence-electron chi connectivity index (χ2n) is 6.01. The fourth-order valence-electron chi connectivity index (χ4n) is 1.87. The molecule has 4 rings (SSSR count). The van der Waals surface area contributed by atoms with Gasteiger partial charge < -0.3 is 0 Å². The lowest BCUT2D eigenvalue weighted by molar-refractivity contribution is 1.47. The van der Waals surface area contributed by atoms with Crippen LogP contribution in [0.4, 0.5) is 0 Å².